The second-order valence-electron chi connectivity index (χ2n) is 18.5. The molecule has 9 rings (SSSR count). The molecule has 6 unspecified atom stereocenters. The normalized spacial score (nSPS) is 22.0. The molecule has 4 aliphatic rings. The van der Waals surface area contributed by atoms with Crippen molar-refractivity contribution in [2.45, 2.75) is 82.3 Å². The third-order valence-corrected chi connectivity index (χ3v) is 14.0. The Balaban J connectivity index is 1.21. The fourth-order valence-electron chi connectivity index (χ4n) is 10.8. The highest BCUT2D eigenvalue weighted by Gasteiger charge is 2.65. The number of rotatable bonds is 23. The minimum absolute atomic E-state index is 0.0100. The maximum absolute atomic E-state index is 14.9. The van der Waals surface area contributed by atoms with E-state index in [4.69, 9.17) is 38.4 Å². The number of fused-ring (bicyclic) bond motifs is 3. The number of amides is 1. The highest BCUT2D eigenvalue weighted by Crippen LogP contribution is 2.62. The van der Waals surface area contributed by atoms with E-state index in [0.29, 0.717) is 53.7 Å². The van der Waals surface area contributed by atoms with Crippen molar-refractivity contribution >= 4 is 11.8 Å². The van der Waals surface area contributed by atoms with E-state index in [9.17, 15) is 15.0 Å². The monoisotopic (exact) mass is 960 g/mol. The lowest BCUT2D eigenvalue weighted by Crippen LogP contribution is -2.70. The lowest BCUT2D eigenvalue weighted by molar-refractivity contribution is -0.256. The molecule has 2 aliphatic carbocycles. The first-order valence-corrected chi connectivity index (χ1v) is 24.9. The summed E-state index contributed by atoms with van der Waals surface area (Å²) < 4.78 is 38.9. The van der Waals surface area contributed by atoms with Crippen LogP contribution in [0.4, 0.5) is 4.79 Å². The minimum atomic E-state index is -1.51. The van der Waals surface area contributed by atoms with E-state index in [-0.39, 0.29) is 70.5 Å². The van der Waals surface area contributed by atoms with Crippen LogP contribution >= 0.6 is 0 Å². The number of hydrogen-bond acceptors (Lipinski definition) is 11. The molecule has 12 heteroatoms. The van der Waals surface area contributed by atoms with Crippen molar-refractivity contribution in [3.05, 3.63) is 175 Å². The summed E-state index contributed by atoms with van der Waals surface area (Å²) >= 11 is 0. The van der Waals surface area contributed by atoms with E-state index < -0.39 is 23.8 Å². The van der Waals surface area contributed by atoms with Crippen LogP contribution in [0.1, 0.15) is 74.0 Å². The van der Waals surface area contributed by atoms with Gasteiger partial charge in [-0.05, 0) is 114 Å². The number of allylic oxidation sites excluding steroid dienone is 1. The van der Waals surface area contributed by atoms with E-state index in [1.807, 2.05) is 91.0 Å². The summed E-state index contributed by atoms with van der Waals surface area (Å²) in [6.07, 6.45) is 10.3. The third kappa shape index (κ3) is 11.1. The van der Waals surface area contributed by atoms with E-state index in [1.54, 1.807) is 17.1 Å². The number of benzene rings is 5. The molecular weight excluding hydrogens is 897 g/mol. The number of aliphatic hydroxyl groups is 2. The first kappa shape index (κ1) is 49.1. The van der Waals surface area contributed by atoms with Gasteiger partial charge < -0.3 is 43.5 Å². The highest BCUT2D eigenvalue weighted by atomic mass is 16.7. The molecule has 2 heterocycles. The number of ether oxygens (including phenoxy) is 6. The molecule has 71 heavy (non-hydrogen) atoms. The zero-order valence-corrected chi connectivity index (χ0v) is 40.2. The van der Waals surface area contributed by atoms with Crippen molar-refractivity contribution in [1.29, 1.82) is 0 Å². The predicted molar refractivity (Wildman–Crippen MR) is 272 cm³/mol. The van der Waals surface area contributed by atoms with Gasteiger partial charge in [0, 0.05) is 37.7 Å². The number of aliphatic hydroxyl groups excluding tert-OH is 2. The van der Waals surface area contributed by atoms with Crippen LogP contribution in [0.15, 0.2) is 163 Å². The van der Waals surface area contributed by atoms with Gasteiger partial charge in [-0.25, -0.2) is 4.79 Å². The van der Waals surface area contributed by atoms with Crippen molar-refractivity contribution in [3.8, 4) is 39.9 Å². The maximum atomic E-state index is 14.9. The predicted octanol–water partition coefficient (Wildman–Crippen LogP) is 11.9. The number of oxime groups is 1. The van der Waals surface area contributed by atoms with Gasteiger partial charge in [0.2, 0.25) is 12.6 Å². The Kier molecular flexibility index (Phi) is 16.2. The number of unbranched alkanes of at least 4 members (excludes halogenated alkanes) is 2. The summed E-state index contributed by atoms with van der Waals surface area (Å²) in [4.78, 5) is 23.0. The maximum Gasteiger partial charge on any atom is 0.410 e. The van der Waals surface area contributed by atoms with Gasteiger partial charge in [0.25, 0.3) is 0 Å². The van der Waals surface area contributed by atoms with Crippen LogP contribution in [-0.2, 0) is 27.5 Å². The average molecular weight is 961 g/mol. The molecule has 5 aromatic rings. The number of hydrogen-bond donors (Lipinski definition) is 2. The molecule has 0 saturated heterocycles. The van der Waals surface area contributed by atoms with Crippen LogP contribution in [0, 0.1) is 17.8 Å². The molecular formula is C59H64N2O10. The number of carbonyl (C=O) groups is 1. The number of nitrogens with zero attached hydrogens (tertiary/aromatic N) is 2. The Hall–Kier alpha value is -6.86. The van der Waals surface area contributed by atoms with Crippen molar-refractivity contribution in [3.63, 3.8) is 0 Å². The summed E-state index contributed by atoms with van der Waals surface area (Å²) in [5.74, 6) is 0.889. The molecule has 1 amide bonds. The first-order chi connectivity index (χ1) is 34.9. The van der Waals surface area contributed by atoms with Gasteiger partial charge in [0.05, 0.1) is 24.8 Å². The van der Waals surface area contributed by atoms with E-state index in [0.717, 1.165) is 59.1 Å². The van der Waals surface area contributed by atoms with Gasteiger partial charge in [-0.1, -0.05) is 115 Å². The highest BCUT2D eigenvalue weighted by molar-refractivity contribution is 6.03. The van der Waals surface area contributed by atoms with Crippen LogP contribution in [-0.4, -0.2) is 72.0 Å². The quantitative estimate of drug-likeness (QED) is 0.0370. The smallest absolute Gasteiger partial charge is 0.410 e. The third-order valence-electron chi connectivity index (χ3n) is 14.0. The van der Waals surface area contributed by atoms with Crippen LogP contribution in [0.3, 0.4) is 0 Å². The fourth-order valence-corrected chi connectivity index (χ4v) is 10.8. The van der Waals surface area contributed by atoms with Crippen molar-refractivity contribution in [2.24, 2.45) is 22.9 Å². The van der Waals surface area contributed by atoms with E-state index >= 15 is 0 Å². The van der Waals surface area contributed by atoms with Gasteiger partial charge >= 0.3 is 6.09 Å². The Morgan fingerprint density at radius 3 is 2.25 bits per heavy atom. The SMILES string of the molecule is C=CCCOC(=O)N(Cc1ccc2c(c1)OCO2)C1CC(=NOCc2ccccc2)C2=CC(CCCCO)C(CCCCO)C3c4cc(Oc5ccc(-c6ccccc6)cc5)ccc4OC1(OCC=C)C23. The van der Waals surface area contributed by atoms with Gasteiger partial charge in [-0.3, -0.25) is 4.90 Å². The Morgan fingerprint density at radius 2 is 1.49 bits per heavy atom. The van der Waals surface area contributed by atoms with Crippen LogP contribution in [0.25, 0.3) is 11.1 Å². The molecule has 1 saturated carbocycles. The summed E-state index contributed by atoms with van der Waals surface area (Å²) in [7, 11) is 0. The zero-order valence-electron chi connectivity index (χ0n) is 40.2. The molecule has 0 aromatic heterocycles. The summed E-state index contributed by atoms with van der Waals surface area (Å²) in [6, 6.07) is 39.0. The Bertz CT molecular complexity index is 2650. The van der Waals surface area contributed by atoms with Crippen molar-refractivity contribution < 1.29 is 48.3 Å². The molecule has 0 spiro atoms. The lowest BCUT2D eigenvalue weighted by atomic mass is 9.55. The summed E-state index contributed by atoms with van der Waals surface area (Å²) in [6.45, 7) is 8.80. The second-order valence-corrected chi connectivity index (χ2v) is 18.5. The molecule has 1 fully saturated rings. The minimum Gasteiger partial charge on any atom is -0.459 e. The molecule has 5 aromatic carbocycles. The van der Waals surface area contributed by atoms with Gasteiger partial charge in [0.1, 0.15) is 29.9 Å². The molecule has 0 bridgehead atoms. The first-order valence-electron chi connectivity index (χ1n) is 24.9. The van der Waals surface area contributed by atoms with E-state index in [2.05, 4.69) is 49.6 Å². The second kappa shape index (κ2) is 23.4. The molecule has 12 nitrogen and oxygen atoms in total. The standard InChI is InChI=1S/C59H64N2O10/c1-3-5-33-65-58(64)61(38-42-22-28-53-54(34-42)67-40-66-53)55-37-51(60-69-39-41-16-8-6-9-17-41)49-35-45(20-12-14-30-62)48(21-13-15-31-63)56-50-36-47(27-29-52(50)71-59(55,57(49)56)68-32-4-2)70-46-25-23-44(24-26-46)43-18-10-7-11-19-43/h3-4,6-11,16-19,22-29,34-36,45,48,55-57,62-63H,1-2,5,12-15,20-21,30-33,37-40H2. The molecule has 370 valence electrons. The Morgan fingerprint density at radius 1 is 0.775 bits per heavy atom. The zero-order chi connectivity index (χ0) is 49.0. The molecule has 2 aliphatic heterocycles. The fraction of sp³-hybridized carbons (Fsp3) is 0.356. The van der Waals surface area contributed by atoms with Crippen LogP contribution in [0.2, 0.25) is 0 Å². The number of carbonyl (C=O) groups excluding carboxylic acids is 1. The van der Waals surface area contributed by atoms with Crippen molar-refractivity contribution in [2.75, 3.05) is 33.2 Å². The van der Waals surface area contributed by atoms with Gasteiger partial charge in [-0.15, -0.1) is 13.2 Å². The topological polar surface area (TPSA) is 138 Å². The summed E-state index contributed by atoms with van der Waals surface area (Å²) in [5, 5.41) is 25.2. The largest absolute Gasteiger partial charge is 0.459 e. The van der Waals surface area contributed by atoms with E-state index in [1.165, 1.54) is 0 Å². The van der Waals surface area contributed by atoms with Gasteiger partial charge in [-0.2, -0.15) is 0 Å². The molecule has 6 atom stereocenters. The molecule has 2 N–H and O–H groups in total. The Labute approximate surface area is 416 Å². The van der Waals surface area contributed by atoms with Crippen LogP contribution < -0.4 is 18.9 Å². The lowest BCUT2D eigenvalue weighted by Gasteiger charge is -2.59. The van der Waals surface area contributed by atoms with Gasteiger partial charge in [0.15, 0.2) is 11.5 Å². The van der Waals surface area contributed by atoms with Crippen molar-refractivity contribution in [1.82, 2.24) is 4.90 Å². The average Bonchev–Trinajstić information content (AvgIpc) is 3.88. The summed E-state index contributed by atoms with van der Waals surface area (Å²) in [5.41, 5.74) is 6.49. The van der Waals surface area contributed by atoms with Crippen LogP contribution in [0.5, 0.6) is 28.7 Å². The molecule has 0 radical (unpaired) electrons.